The number of aryl methyl sites for hydroxylation is 2. The van der Waals surface area contributed by atoms with Crippen molar-refractivity contribution in [2.24, 2.45) is 5.92 Å². The number of hydrogen-bond donors (Lipinski definition) is 1. The molecule has 0 aromatic carbocycles. The second-order valence-corrected chi connectivity index (χ2v) is 10.1. The summed E-state index contributed by atoms with van der Waals surface area (Å²) in [5, 5.41) is 4.72. The molecule has 152 valence electrons. The summed E-state index contributed by atoms with van der Waals surface area (Å²) in [6.07, 6.45) is 8.79. The average Bonchev–Trinajstić information content (AvgIpc) is 3.25. The zero-order chi connectivity index (χ0) is 19.7. The number of fused-ring (bicyclic) bond motifs is 3. The number of carbonyl (C=O) groups excluding carboxylic acids is 1. The van der Waals surface area contributed by atoms with Gasteiger partial charge in [0, 0.05) is 17.5 Å². The Labute approximate surface area is 174 Å². The summed E-state index contributed by atoms with van der Waals surface area (Å²) in [5.41, 5.74) is 1.30. The minimum absolute atomic E-state index is 0.0508. The van der Waals surface area contributed by atoms with E-state index in [1.807, 2.05) is 0 Å². The SMILES string of the molecule is CCCn1c(SCC(=O)N[C@H]2CCCC[C@H]2C)nc2sc3c(c2c1=O)CCC3. The van der Waals surface area contributed by atoms with Crippen molar-refractivity contribution in [1.29, 1.82) is 0 Å². The first kappa shape index (κ1) is 20.0. The second kappa shape index (κ2) is 8.57. The first-order valence-electron chi connectivity index (χ1n) is 10.6. The van der Waals surface area contributed by atoms with Crippen LogP contribution >= 0.6 is 23.1 Å². The molecule has 1 saturated carbocycles. The summed E-state index contributed by atoms with van der Waals surface area (Å²) in [7, 11) is 0. The van der Waals surface area contributed by atoms with Gasteiger partial charge >= 0.3 is 0 Å². The molecule has 2 aromatic heterocycles. The molecule has 0 bridgehead atoms. The number of aromatic nitrogens is 2. The molecule has 0 spiro atoms. The van der Waals surface area contributed by atoms with Crippen LogP contribution in [-0.2, 0) is 24.2 Å². The van der Waals surface area contributed by atoms with Gasteiger partial charge in [0.2, 0.25) is 5.91 Å². The van der Waals surface area contributed by atoms with Gasteiger partial charge in [0.1, 0.15) is 4.83 Å². The molecule has 0 aliphatic heterocycles. The van der Waals surface area contributed by atoms with Crippen LogP contribution in [0.25, 0.3) is 10.2 Å². The fraction of sp³-hybridized carbons (Fsp3) is 0.667. The van der Waals surface area contributed by atoms with Gasteiger partial charge in [-0.3, -0.25) is 14.2 Å². The van der Waals surface area contributed by atoms with Gasteiger partial charge in [-0.15, -0.1) is 11.3 Å². The van der Waals surface area contributed by atoms with E-state index < -0.39 is 0 Å². The standard InChI is InChI=1S/C21H29N3O2S2/c1-3-11-24-20(26)18-14-8-6-10-16(14)28-19(18)23-21(24)27-12-17(25)22-15-9-5-4-7-13(15)2/h13,15H,3-12H2,1-2H3,(H,22,25)/t13-,15+/m1/s1. The quantitative estimate of drug-likeness (QED) is 0.564. The minimum atomic E-state index is 0.0508. The van der Waals surface area contributed by atoms with Crippen molar-refractivity contribution in [2.45, 2.75) is 83.0 Å². The summed E-state index contributed by atoms with van der Waals surface area (Å²) < 4.78 is 1.79. The Kier molecular flexibility index (Phi) is 6.11. The summed E-state index contributed by atoms with van der Waals surface area (Å²) in [5.74, 6) is 0.912. The van der Waals surface area contributed by atoms with E-state index in [0.29, 0.717) is 23.4 Å². The molecule has 2 atom stereocenters. The maximum Gasteiger partial charge on any atom is 0.263 e. The Bertz CT molecular complexity index is 934. The third-order valence-corrected chi connectivity index (χ3v) is 8.19. The van der Waals surface area contributed by atoms with Crippen LogP contribution < -0.4 is 10.9 Å². The highest BCUT2D eigenvalue weighted by Crippen LogP contribution is 2.35. The summed E-state index contributed by atoms with van der Waals surface area (Å²) in [4.78, 5) is 32.7. The molecule has 0 radical (unpaired) electrons. The molecule has 2 heterocycles. The maximum atomic E-state index is 13.2. The predicted octanol–water partition coefficient (Wildman–Crippen LogP) is 4.14. The Balaban J connectivity index is 1.53. The van der Waals surface area contributed by atoms with Gasteiger partial charge in [0.05, 0.1) is 11.1 Å². The number of thiophene rings is 1. The molecule has 0 saturated heterocycles. The van der Waals surface area contributed by atoms with Crippen molar-refractivity contribution < 1.29 is 4.79 Å². The van der Waals surface area contributed by atoms with E-state index in [9.17, 15) is 9.59 Å². The normalized spacial score (nSPS) is 21.8. The number of carbonyl (C=O) groups is 1. The highest BCUT2D eigenvalue weighted by molar-refractivity contribution is 7.99. The summed E-state index contributed by atoms with van der Waals surface area (Å²) in [6.45, 7) is 4.94. The number of amides is 1. The summed E-state index contributed by atoms with van der Waals surface area (Å²) >= 11 is 3.07. The monoisotopic (exact) mass is 419 g/mol. The van der Waals surface area contributed by atoms with Crippen molar-refractivity contribution in [2.75, 3.05) is 5.75 Å². The molecular weight excluding hydrogens is 390 g/mol. The van der Waals surface area contributed by atoms with Crippen molar-refractivity contribution in [3.8, 4) is 0 Å². The van der Waals surface area contributed by atoms with E-state index >= 15 is 0 Å². The largest absolute Gasteiger partial charge is 0.352 e. The second-order valence-electron chi connectivity index (χ2n) is 8.11. The molecule has 2 aliphatic carbocycles. The lowest BCUT2D eigenvalue weighted by atomic mass is 9.86. The van der Waals surface area contributed by atoms with E-state index in [1.165, 1.54) is 41.5 Å². The van der Waals surface area contributed by atoms with Crippen LogP contribution in [0, 0.1) is 5.92 Å². The number of nitrogens with one attached hydrogen (secondary N) is 1. The molecule has 1 fully saturated rings. The van der Waals surface area contributed by atoms with E-state index in [0.717, 1.165) is 42.3 Å². The molecular formula is C21H29N3O2S2. The molecule has 2 aliphatic rings. The fourth-order valence-corrected chi connectivity index (χ4v) is 6.64. The molecule has 7 heteroatoms. The van der Waals surface area contributed by atoms with E-state index in [4.69, 9.17) is 4.98 Å². The van der Waals surface area contributed by atoms with Crippen LogP contribution in [0.3, 0.4) is 0 Å². The Hall–Kier alpha value is -1.34. The lowest BCUT2D eigenvalue weighted by Crippen LogP contribution is -2.41. The number of hydrogen-bond acceptors (Lipinski definition) is 5. The molecule has 0 unspecified atom stereocenters. The Morgan fingerprint density at radius 3 is 2.89 bits per heavy atom. The number of nitrogens with zero attached hydrogens (tertiary/aromatic N) is 2. The minimum Gasteiger partial charge on any atom is -0.352 e. The maximum absolute atomic E-state index is 13.2. The molecule has 4 rings (SSSR count). The molecule has 1 N–H and O–H groups in total. The Morgan fingerprint density at radius 1 is 1.29 bits per heavy atom. The lowest BCUT2D eigenvalue weighted by Gasteiger charge is -2.29. The molecule has 2 aromatic rings. The van der Waals surface area contributed by atoms with Gasteiger partial charge in [-0.2, -0.15) is 0 Å². The van der Waals surface area contributed by atoms with Crippen LogP contribution in [0.5, 0.6) is 0 Å². The molecule has 5 nitrogen and oxygen atoms in total. The molecule has 1 amide bonds. The van der Waals surface area contributed by atoms with Gasteiger partial charge in [-0.1, -0.05) is 38.5 Å². The van der Waals surface area contributed by atoms with Crippen LogP contribution in [0.1, 0.15) is 62.8 Å². The van der Waals surface area contributed by atoms with Gasteiger partial charge in [0.15, 0.2) is 5.16 Å². The lowest BCUT2D eigenvalue weighted by molar-refractivity contribution is -0.119. The first-order valence-corrected chi connectivity index (χ1v) is 12.4. The smallest absolute Gasteiger partial charge is 0.263 e. The van der Waals surface area contributed by atoms with Crippen molar-refractivity contribution in [3.63, 3.8) is 0 Å². The summed E-state index contributed by atoms with van der Waals surface area (Å²) in [6, 6.07) is 0.287. The molecule has 28 heavy (non-hydrogen) atoms. The van der Waals surface area contributed by atoms with Crippen molar-refractivity contribution >= 4 is 39.2 Å². The zero-order valence-electron chi connectivity index (χ0n) is 16.8. The topological polar surface area (TPSA) is 64.0 Å². The average molecular weight is 420 g/mol. The number of rotatable bonds is 6. The zero-order valence-corrected chi connectivity index (χ0v) is 18.4. The third kappa shape index (κ3) is 3.88. The van der Waals surface area contributed by atoms with Gasteiger partial charge in [-0.25, -0.2) is 4.98 Å². The van der Waals surface area contributed by atoms with Crippen LogP contribution in [0.4, 0.5) is 0 Å². The van der Waals surface area contributed by atoms with E-state index in [1.54, 1.807) is 15.9 Å². The van der Waals surface area contributed by atoms with Gasteiger partial charge < -0.3 is 5.32 Å². The van der Waals surface area contributed by atoms with Crippen LogP contribution in [0.2, 0.25) is 0 Å². The highest BCUT2D eigenvalue weighted by atomic mass is 32.2. The predicted molar refractivity (Wildman–Crippen MR) is 116 cm³/mol. The van der Waals surface area contributed by atoms with Gasteiger partial charge in [0.25, 0.3) is 5.56 Å². The fourth-order valence-electron chi connectivity index (χ4n) is 4.50. The van der Waals surface area contributed by atoms with E-state index in [2.05, 4.69) is 19.2 Å². The van der Waals surface area contributed by atoms with Crippen LogP contribution in [0.15, 0.2) is 9.95 Å². The highest BCUT2D eigenvalue weighted by Gasteiger charge is 2.25. The van der Waals surface area contributed by atoms with E-state index in [-0.39, 0.29) is 17.5 Å². The van der Waals surface area contributed by atoms with Crippen LogP contribution in [-0.4, -0.2) is 27.3 Å². The number of thioether (sulfide) groups is 1. The van der Waals surface area contributed by atoms with Gasteiger partial charge in [-0.05, 0) is 50.0 Å². The van der Waals surface area contributed by atoms with Crippen molar-refractivity contribution in [1.82, 2.24) is 14.9 Å². The van der Waals surface area contributed by atoms with Crippen molar-refractivity contribution in [3.05, 3.63) is 20.8 Å². The third-order valence-electron chi connectivity index (χ3n) is 6.03. The Morgan fingerprint density at radius 2 is 2.11 bits per heavy atom. The first-order chi connectivity index (χ1) is 13.6.